The molecule has 0 unspecified atom stereocenters. The Labute approximate surface area is 383 Å². The summed E-state index contributed by atoms with van der Waals surface area (Å²) in [6.07, 6.45) is 0. The van der Waals surface area contributed by atoms with Crippen molar-refractivity contribution in [3.05, 3.63) is 258 Å². The van der Waals surface area contributed by atoms with E-state index in [4.69, 9.17) is 4.42 Å². The lowest BCUT2D eigenvalue weighted by molar-refractivity contribution is 0.563. The van der Waals surface area contributed by atoms with Crippen LogP contribution >= 0.6 is 11.3 Å². The standard InChI is InChI=1S/C62H43NOS/c1-61(2)49-28-12-14-30-51(49)62(52-31-15-13-29-50(52)61)48-27-11-10-26-46(48)59-53(62)32-18-33-54(59)63(57-39-44-23-9-16-34-56(44)65-57)45-25-17-24-42(37-45)43-35-36-55-47(38-43)58(40-19-5-3-6-20-40)60(64-55)41-21-7-4-8-22-41/h3-39H,1-2H3. The lowest BCUT2D eigenvalue weighted by Gasteiger charge is -2.46. The molecule has 0 N–H and O–H groups in total. The highest BCUT2D eigenvalue weighted by atomic mass is 32.1. The molecule has 0 aliphatic heterocycles. The number of furan rings is 1. The average molecular weight is 850 g/mol. The predicted octanol–water partition coefficient (Wildman–Crippen LogP) is 17.1. The Morgan fingerprint density at radius 1 is 0.431 bits per heavy atom. The summed E-state index contributed by atoms with van der Waals surface area (Å²) >= 11 is 1.84. The zero-order chi connectivity index (χ0) is 43.3. The highest BCUT2D eigenvalue weighted by molar-refractivity contribution is 7.23. The van der Waals surface area contributed by atoms with E-state index in [1.807, 2.05) is 11.3 Å². The highest BCUT2D eigenvalue weighted by Crippen LogP contribution is 2.64. The molecular formula is C62H43NOS. The Hall–Kier alpha value is -7.72. The summed E-state index contributed by atoms with van der Waals surface area (Å²) in [6, 6.07) is 82.6. The normalized spacial score (nSPS) is 13.9. The molecule has 0 amide bonds. The lowest BCUT2D eigenvalue weighted by atomic mass is 9.55. The van der Waals surface area contributed by atoms with Gasteiger partial charge in [-0.15, -0.1) is 11.3 Å². The number of nitrogens with zero attached hydrogens (tertiary/aromatic N) is 1. The first-order chi connectivity index (χ1) is 32.0. The van der Waals surface area contributed by atoms with Crippen molar-refractivity contribution in [2.75, 3.05) is 4.90 Å². The molecule has 1 spiro atoms. The highest BCUT2D eigenvalue weighted by Gasteiger charge is 2.54. The molecule has 0 fully saturated rings. The third-order valence-electron chi connectivity index (χ3n) is 14.2. The molecule has 9 aromatic carbocycles. The summed E-state index contributed by atoms with van der Waals surface area (Å²) in [5.41, 5.74) is 18.7. The van der Waals surface area contributed by atoms with Crippen LogP contribution in [0.5, 0.6) is 0 Å². The Kier molecular flexibility index (Phi) is 8.38. The van der Waals surface area contributed by atoms with Gasteiger partial charge < -0.3 is 9.32 Å². The Morgan fingerprint density at radius 2 is 1.02 bits per heavy atom. The molecule has 0 saturated carbocycles. The first-order valence-electron chi connectivity index (χ1n) is 22.5. The monoisotopic (exact) mass is 849 g/mol. The minimum Gasteiger partial charge on any atom is -0.455 e. The molecule has 2 nitrogen and oxygen atoms in total. The van der Waals surface area contributed by atoms with Gasteiger partial charge in [-0.25, -0.2) is 0 Å². The van der Waals surface area contributed by atoms with E-state index in [2.05, 4.69) is 243 Å². The van der Waals surface area contributed by atoms with Crippen LogP contribution in [0.15, 0.2) is 229 Å². The summed E-state index contributed by atoms with van der Waals surface area (Å²) in [5.74, 6) is 0.886. The van der Waals surface area contributed by atoms with Gasteiger partial charge in [-0.3, -0.25) is 0 Å². The summed E-state index contributed by atoms with van der Waals surface area (Å²) in [6.45, 7) is 4.78. The van der Waals surface area contributed by atoms with E-state index in [9.17, 15) is 0 Å². The Bertz CT molecular complexity index is 3570. The molecule has 3 heteroatoms. The quantitative estimate of drug-likeness (QED) is 0.166. The van der Waals surface area contributed by atoms with Gasteiger partial charge in [0.2, 0.25) is 0 Å². The largest absolute Gasteiger partial charge is 0.455 e. The number of fused-ring (bicyclic) bond motifs is 11. The molecule has 2 aromatic heterocycles. The molecule has 0 radical (unpaired) electrons. The first-order valence-corrected chi connectivity index (χ1v) is 23.3. The van der Waals surface area contributed by atoms with Crippen LogP contribution in [0.25, 0.3) is 65.8 Å². The number of thiophene rings is 1. The first kappa shape index (κ1) is 37.8. The average Bonchev–Trinajstić information content (AvgIpc) is 4.05. The van der Waals surface area contributed by atoms with E-state index in [-0.39, 0.29) is 5.41 Å². The minimum atomic E-state index is -0.493. The Morgan fingerprint density at radius 3 is 1.75 bits per heavy atom. The lowest BCUT2D eigenvalue weighted by Crippen LogP contribution is -2.40. The van der Waals surface area contributed by atoms with Crippen LogP contribution < -0.4 is 4.90 Å². The van der Waals surface area contributed by atoms with Gasteiger partial charge in [-0.1, -0.05) is 196 Å². The van der Waals surface area contributed by atoms with E-state index in [0.717, 1.165) is 50.2 Å². The summed E-state index contributed by atoms with van der Waals surface area (Å²) < 4.78 is 7.97. The van der Waals surface area contributed by atoms with Crippen molar-refractivity contribution in [2.45, 2.75) is 24.7 Å². The number of anilines is 3. The van der Waals surface area contributed by atoms with Gasteiger partial charge in [-0.2, -0.15) is 0 Å². The summed E-state index contributed by atoms with van der Waals surface area (Å²) in [7, 11) is 0. The molecule has 2 aliphatic rings. The van der Waals surface area contributed by atoms with Gasteiger partial charge in [0.1, 0.15) is 16.3 Å². The van der Waals surface area contributed by atoms with Crippen molar-refractivity contribution in [3.8, 4) is 44.7 Å². The number of hydrogen-bond donors (Lipinski definition) is 0. The van der Waals surface area contributed by atoms with Gasteiger partial charge in [0.15, 0.2) is 0 Å². The fourth-order valence-corrected chi connectivity index (χ4v) is 12.4. The zero-order valence-electron chi connectivity index (χ0n) is 36.1. The van der Waals surface area contributed by atoms with E-state index in [1.165, 1.54) is 65.3 Å². The van der Waals surface area contributed by atoms with Gasteiger partial charge in [0, 0.05) is 37.9 Å². The van der Waals surface area contributed by atoms with E-state index >= 15 is 0 Å². The Balaban J connectivity index is 1.04. The maximum absolute atomic E-state index is 6.70. The van der Waals surface area contributed by atoms with Crippen LogP contribution in [-0.2, 0) is 10.8 Å². The third-order valence-corrected chi connectivity index (χ3v) is 15.3. The molecule has 2 aliphatic carbocycles. The fourth-order valence-electron chi connectivity index (χ4n) is 11.3. The van der Waals surface area contributed by atoms with Gasteiger partial charge in [-0.05, 0) is 103 Å². The van der Waals surface area contributed by atoms with Gasteiger partial charge in [0.05, 0.1) is 11.1 Å². The van der Waals surface area contributed by atoms with E-state index in [1.54, 1.807) is 0 Å². The number of benzene rings is 9. The molecule has 0 bridgehead atoms. The molecule has 0 atom stereocenters. The zero-order valence-corrected chi connectivity index (χ0v) is 36.9. The molecule has 65 heavy (non-hydrogen) atoms. The maximum Gasteiger partial charge on any atom is 0.143 e. The predicted molar refractivity (Wildman–Crippen MR) is 272 cm³/mol. The van der Waals surface area contributed by atoms with Crippen molar-refractivity contribution in [1.82, 2.24) is 0 Å². The van der Waals surface area contributed by atoms with Gasteiger partial charge >= 0.3 is 0 Å². The smallest absolute Gasteiger partial charge is 0.143 e. The molecule has 13 rings (SSSR count). The van der Waals surface area contributed by atoms with Crippen LogP contribution in [0.1, 0.15) is 47.2 Å². The van der Waals surface area contributed by atoms with Crippen LogP contribution in [0, 0.1) is 0 Å². The molecule has 2 heterocycles. The van der Waals surface area contributed by atoms with Crippen LogP contribution in [0.2, 0.25) is 0 Å². The van der Waals surface area contributed by atoms with Crippen molar-refractivity contribution in [2.24, 2.45) is 0 Å². The third kappa shape index (κ3) is 5.52. The van der Waals surface area contributed by atoms with Crippen molar-refractivity contribution in [1.29, 1.82) is 0 Å². The van der Waals surface area contributed by atoms with Crippen LogP contribution in [-0.4, -0.2) is 0 Å². The summed E-state index contributed by atoms with van der Waals surface area (Å²) in [4.78, 5) is 2.52. The second-order valence-electron chi connectivity index (χ2n) is 18.0. The second-order valence-corrected chi connectivity index (χ2v) is 19.0. The van der Waals surface area contributed by atoms with Crippen molar-refractivity contribution in [3.63, 3.8) is 0 Å². The molecule has 0 saturated heterocycles. The van der Waals surface area contributed by atoms with Gasteiger partial charge in [0.25, 0.3) is 0 Å². The second kappa shape index (κ2) is 14.4. The summed E-state index contributed by atoms with van der Waals surface area (Å²) in [5, 5.41) is 3.51. The van der Waals surface area contributed by atoms with Crippen molar-refractivity contribution < 1.29 is 4.42 Å². The SMILES string of the molecule is CC1(C)c2ccccc2C2(c3ccccc3-c3c(N(c4cccc(-c5ccc6oc(-c7ccccc7)c(-c7ccccc7)c6c5)c4)c4cc5ccccc5s4)cccc32)c2ccccc21. The van der Waals surface area contributed by atoms with Crippen molar-refractivity contribution >= 4 is 48.8 Å². The van der Waals surface area contributed by atoms with Crippen LogP contribution in [0.4, 0.5) is 16.4 Å². The minimum absolute atomic E-state index is 0.165. The number of rotatable bonds is 6. The van der Waals surface area contributed by atoms with E-state index in [0.29, 0.717) is 0 Å². The number of hydrogen-bond acceptors (Lipinski definition) is 3. The fraction of sp³-hybridized carbons (Fsp3) is 0.0645. The van der Waals surface area contributed by atoms with E-state index < -0.39 is 5.41 Å². The molecule has 308 valence electrons. The topological polar surface area (TPSA) is 16.4 Å². The molecule has 11 aromatic rings. The maximum atomic E-state index is 6.70. The van der Waals surface area contributed by atoms with Crippen LogP contribution in [0.3, 0.4) is 0 Å². The molecular weight excluding hydrogens is 807 g/mol.